The Bertz CT molecular complexity index is 1120. The second-order valence-electron chi connectivity index (χ2n) is 7.14. The van der Waals surface area contributed by atoms with Gasteiger partial charge in [-0.2, -0.15) is 4.98 Å². The van der Waals surface area contributed by atoms with Crippen molar-refractivity contribution in [2.75, 3.05) is 11.4 Å². The fraction of sp³-hybridized carbons (Fsp3) is 0.421. The van der Waals surface area contributed by atoms with Gasteiger partial charge in [0.25, 0.3) is 5.56 Å². The molecule has 1 unspecified atom stereocenters. The largest absolute Gasteiger partial charge is 0.332 e. The molecule has 1 aliphatic rings. The van der Waals surface area contributed by atoms with E-state index in [1.165, 1.54) is 14.7 Å². The predicted molar refractivity (Wildman–Crippen MR) is 102 cm³/mol. The molecule has 1 aromatic carbocycles. The highest BCUT2D eigenvalue weighted by Crippen LogP contribution is 2.32. The molecule has 2 aromatic heterocycles. The van der Waals surface area contributed by atoms with E-state index in [4.69, 9.17) is 4.98 Å². The average molecular weight is 353 g/mol. The summed E-state index contributed by atoms with van der Waals surface area (Å²) in [5.74, 6) is 1.08. The average Bonchev–Trinajstić information content (AvgIpc) is 2.99. The van der Waals surface area contributed by atoms with E-state index in [2.05, 4.69) is 36.9 Å². The highest BCUT2D eigenvalue weighted by Gasteiger charge is 2.29. The van der Waals surface area contributed by atoms with Gasteiger partial charge in [0.2, 0.25) is 5.95 Å². The van der Waals surface area contributed by atoms with Gasteiger partial charge in [-0.1, -0.05) is 19.1 Å². The Hall–Kier alpha value is -2.83. The van der Waals surface area contributed by atoms with Gasteiger partial charge >= 0.3 is 5.69 Å². The SMILES string of the molecule is CCn1c(=O)c2c(nc3n2CC(C)CN3c2cccc(C)c2)n(C)c1=O. The van der Waals surface area contributed by atoms with Crippen molar-refractivity contribution in [3.63, 3.8) is 0 Å². The smallest absolute Gasteiger partial charge is 0.312 e. The number of hydrogen-bond donors (Lipinski definition) is 0. The van der Waals surface area contributed by atoms with Crippen LogP contribution in [-0.2, 0) is 20.1 Å². The van der Waals surface area contributed by atoms with Crippen molar-refractivity contribution in [2.24, 2.45) is 13.0 Å². The van der Waals surface area contributed by atoms with Crippen LogP contribution in [0, 0.1) is 12.8 Å². The van der Waals surface area contributed by atoms with E-state index in [0.29, 0.717) is 30.2 Å². The summed E-state index contributed by atoms with van der Waals surface area (Å²) in [6.45, 7) is 7.91. The third-order valence-electron chi connectivity index (χ3n) is 5.07. The first-order valence-corrected chi connectivity index (χ1v) is 8.96. The Labute approximate surface area is 151 Å². The molecule has 1 atom stereocenters. The molecular weight excluding hydrogens is 330 g/mol. The number of anilines is 2. The maximum absolute atomic E-state index is 12.9. The summed E-state index contributed by atoms with van der Waals surface area (Å²) in [6, 6.07) is 8.25. The standard InChI is InChI=1S/C19H23N5O2/c1-5-22-17(25)15-16(21(4)19(22)26)20-18-23(10-13(3)11-24(15)18)14-8-6-7-12(2)9-14/h6-9,13H,5,10-11H2,1-4H3. The summed E-state index contributed by atoms with van der Waals surface area (Å²) in [5, 5.41) is 0. The van der Waals surface area contributed by atoms with Crippen molar-refractivity contribution in [2.45, 2.75) is 33.9 Å². The van der Waals surface area contributed by atoms with Crippen molar-refractivity contribution in [3.8, 4) is 0 Å². The lowest BCUT2D eigenvalue weighted by atomic mass is 10.1. The molecule has 0 bridgehead atoms. The second kappa shape index (κ2) is 5.86. The van der Waals surface area contributed by atoms with Crippen LogP contribution in [0.15, 0.2) is 33.9 Å². The van der Waals surface area contributed by atoms with Crippen LogP contribution >= 0.6 is 0 Å². The first-order chi connectivity index (χ1) is 12.4. The van der Waals surface area contributed by atoms with E-state index < -0.39 is 0 Å². The topological polar surface area (TPSA) is 65.1 Å². The van der Waals surface area contributed by atoms with E-state index in [9.17, 15) is 9.59 Å². The van der Waals surface area contributed by atoms with Crippen molar-refractivity contribution >= 4 is 22.8 Å². The van der Waals surface area contributed by atoms with Crippen LogP contribution in [0.5, 0.6) is 0 Å². The third kappa shape index (κ3) is 2.30. The lowest BCUT2D eigenvalue weighted by Gasteiger charge is -2.33. The number of aromatic nitrogens is 4. The monoisotopic (exact) mass is 353 g/mol. The number of fused-ring (bicyclic) bond motifs is 3. The second-order valence-corrected chi connectivity index (χ2v) is 7.14. The normalized spacial score (nSPS) is 16.9. The quantitative estimate of drug-likeness (QED) is 0.707. The van der Waals surface area contributed by atoms with E-state index in [0.717, 1.165) is 18.2 Å². The summed E-state index contributed by atoms with van der Waals surface area (Å²) in [5.41, 5.74) is 2.59. The molecule has 1 aliphatic heterocycles. The van der Waals surface area contributed by atoms with Gasteiger partial charge in [-0.05, 0) is 37.5 Å². The van der Waals surface area contributed by atoms with Crippen LogP contribution in [0.4, 0.5) is 11.6 Å². The first-order valence-electron chi connectivity index (χ1n) is 8.96. The van der Waals surface area contributed by atoms with Gasteiger partial charge in [0.15, 0.2) is 11.2 Å². The van der Waals surface area contributed by atoms with Crippen LogP contribution in [-0.4, -0.2) is 25.2 Å². The van der Waals surface area contributed by atoms with E-state index in [1.54, 1.807) is 7.05 Å². The number of imidazole rings is 1. The predicted octanol–water partition coefficient (Wildman–Crippen LogP) is 2.01. The van der Waals surface area contributed by atoms with Crippen LogP contribution < -0.4 is 16.1 Å². The highest BCUT2D eigenvalue weighted by atomic mass is 16.2. The minimum Gasteiger partial charge on any atom is -0.312 e. The summed E-state index contributed by atoms with van der Waals surface area (Å²) in [6.07, 6.45) is 0. The van der Waals surface area contributed by atoms with Crippen molar-refractivity contribution < 1.29 is 0 Å². The van der Waals surface area contributed by atoms with Gasteiger partial charge in [0, 0.05) is 32.4 Å². The maximum Gasteiger partial charge on any atom is 0.332 e. The van der Waals surface area contributed by atoms with E-state index in [-0.39, 0.29) is 11.2 Å². The summed E-state index contributed by atoms with van der Waals surface area (Å²) in [7, 11) is 1.68. The molecule has 0 aliphatic carbocycles. The van der Waals surface area contributed by atoms with Gasteiger partial charge in [0.05, 0.1) is 0 Å². The van der Waals surface area contributed by atoms with Crippen molar-refractivity contribution in [1.29, 1.82) is 0 Å². The molecule has 0 N–H and O–H groups in total. The highest BCUT2D eigenvalue weighted by molar-refractivity contribution is 5.77. The van der Waals surface area contributed by atoms with E-state index >= 15 is 0 Å². The summed E-state index contributed by atoms with van der Waals surface area (Å²) in [4.78, 5) is 32.3. The van der Waals surface area contributed by atoms with Gasteiger partial charge in [-0.25, -0.2) is 4.79 Å². The third-order valence-corrected chi connectivity index (χ3v) is 5.07. The van der Waals surface area contributed by atoms with Crippen LogP contribution in [0.25, 0.3) is 11.2 Å². The van der Waals surface area contributed by atoms with Crippen LogP contribution in [0.2, 0.25) is 0 Å². The lowest BCUT2D eigenvalue weighted by Crippen LogP contribution is -2.40. The number of benzene rings is 1. The summed E-state index contributed by atoms with van der Waals surface area (Å²) < 4.78 is 4.72. The molecule has 0 amide bonds. The molecule has 0 radical (unpaired) electrons. The molecule has 7 nitrogen and oxygen atoms in total. The Kier molecular flexibility index (Phi) is 3.75. The molecule has 136 valence electrons. The Morgan fingerprint density at radius 1 is 1.23 bits per heavy atom. The minimum absolute atomic E-state index is 0.261. The Morgan fingerprint density at radius 3 is 2.69 bits per heavy atom. The zero-order chi connectivity index (χ0) is 18.6. The minimum atomic E-state index is -0.324. The molecule has 26 heavy (non-hydrogen) atoms. The number of rotatable bonds is 2. The molecule has 7 heteroatoms. The first kappa shape index (κ1) is 16.6. The molecule has 0 fully saturated rings. The van der Waals surface area contributed by atoms with Gasteiger partial charge < -0.3 is 9.47 Å². The Balaban J connectivity index is 2.05. The fourth-order valence-corrected chi connectivity index (χ4v) is 3.80. The number of hydrogen-bond acceptors (Lipinski definition) is 4. The summed E-state index contributed by atoms with van der Waals surface area (Å²) >= 11 is 0. The zero-order valence-corrected chi connectivity index (χ0v) is 15.6. The molecular formula is C19H23N5O2. The molecule has 4 rings (SSSR count). The maximum atomic E-state index is 12.9. The number of nitrogens with zero attached hydrogens (tertiary/aromatic N) is 5. The molecule has 0 spiro atoms. The molecule has 3 aromatic rings. The Morgan fingerprint density at radius 2 is 2.00 bits per heavy atom. The molecule has 0 saturated carbocycles. The van der Waals surface area contributed by atoms with Crippen molar-refractivity contribution in [1.82, 2.24) is 18.7 Å². The molecule has 0 saturated heterocycles. The van der Waals surface area contributed by atoms with Crippen LogP contribution in [0.3, 0.4) is 0 Å². The van der Waals surface area contributed by atoms with Crippen molar-refractivity contribution in [3.05, 3.63) is 50.7 Å². The fourth-order valence-electron chi connectivity index (χ4n) is 3.80. The van der Waals surface area contributed by atoms with Gasteiger partial charge in [0.1, 0.15) is 0 Å². The molecule has 3 heterocycles. The number of aryl methyl sites for hydroxylation is 2. The zero-order valence-electron chi connectivity index (χ0n) is 15.6. The van der Waals surface area contributed by atoms with Crippen LogP contribution in [0.1, 0.15) is 19.4 Å². The van der Waals surface area contributed by atoms with Gasteiger partial charge in [-0.15, -0.1) is 0 Å². The lowest BCUT2D eigenvalue weighted by molar-refractivity contribution is 0.458. The van der Waals surface area contributed by atoms with Gasteiger partial charge in [-0.3, -0.25) is 13.9 Å². The van der Waals surface area contributed by atoms with E-state index in [1.807, 2.05) is 17.6 Å².